The van der Waals surface area contributed by atoms with Gasteiger partial charge in [-0.25, -0.2) is 33.8 Å². The second kappa shape index (κ2) is 43.2. The number of aromatic amines is 4. The number of benzene rings is 2. The maximum atomic E-state index is 13.4. The molecule has 0 bridgehead atoms. The van der Waals surface area contributed by atoms with Crippen LogP contribution >= 0.6 is 11.6 Å². The molecule has 16 unspecified atom stereocenters. The summed E-state index contributed by atoms with van der Waals surface area (Å²) in [5.41, 5.74) is 2.13. The number of H-pyrrole nitrogens is 4. The highest BCUT2D eigenvalue weighted by atomic mass is 35.5. The van der Waals surface area contributed by atoms with Crippen molar-refractivity contribution in [1.82, 2.24) is 57.7 Å². The number of fused-ring (bicyclic) bond motifs is 13. The molecule has 0 amide bonds. The van der Waals surface area contributed by atoms with Crippen LogP contribution in [0.15, 0.2) is 154 Å². The van der Waals surface area contributed by atoms with Crippen LogP contribution in [0.3, 0.4) is 0 Å². The quantitative estimate of drug-likeness (QED) is 0.0581. The van der Waals surface area contributed by atoms with Gasteiger partial charge in [0.1, 0.15) is 146 Å². The van der Waals surface area contributed by atoms with Crippen molar-refractivity contribution >= 4 is 40.7 Å². The normalized spacial score (nSPS) is 35.6. The average molecular weight is 2140 g/mol. The number of methoxy groups -OCH3 is 2. The van der Waals surface area contributed by atoms with Gasteiger partial charge >= 0.3 is 34.7 Å². The zero-order chi connectivity index (χ0) is 108. The number of rotatable bonds is 12. The number of halogens is 1. The number of carbonyl (C=O) groups excluding carboxylic acids is 2. The first kappa shape index (κ1) is 111. The summed E-state index contributed by atoms with van der Waals surface area (Å²) in [6.07, 6.45) is -20.4. The van der Waals surface area contributed by atoms with E-state index in [0.29, 0.717) is 22.3 Å². The summed E-state index contributed by atoms with van der Waals surface area (Å²) in [6.45, 7) is 28.7. The van der Waals surface area contributed by atoms with Crippen LogP contribution in [-0.2, 0) is 118 Å². The van der Waals surface area contributed by atoms with Gasteiger partial charge in [0.15, 0.2) is 100 Å². The Kier molecular flexibility index (Phi) is 31.9. The van der Waals surface area contributed by atoms with E-state index in [9.17, 15) is 73.5 Å². The minimum absolute atomic E-state index is 0.0425. The van der Waals surface area contributed by atoms with Crippen LogP contribution < -0.4 is 50.7 Å². The molecule has 11 N–H and O–H groups in total. The van der Waals surface area contributed by atoms with Crippen molar-refractivity contribution in [1.29, 1.82) is 0 Å². The first-order valence-corrected chi connectivity index (χ1v) is 48.8. The number of nitrogens with zero attached hydrogens (tertiary/aromatic N) is 8. The fourth-order valence-electron chi connectivity index (χ4n) is 20.1. The number of carbonyl (C=O) groups is 2. The van der Waals surface area contributed by atoms with Crippen LogP contribution in [0.2, 0.25) is 5.15 Å². The first-order chi connectivity index (χ1) is 70.6. The minimum atomic E-state index is -1.65. The zero-order valence-corrected chi connectivity index (χ0v) is 85.6. The molecule has 150 heavy (non-hydrogen) atoms. The third kappa shape index (κ3) is 23.8. The van der Waals surface area contributed by atoms with Crippen molar-refractivity contribution in [3.8, 4) is 0 Å². The smallest absolute Gasteiger partial charge is 0.338 e. The van der Waals surface area contributed by atoms with Gasteiger partial charge in [-0.15, -0.1) is 0 Å². The maximum absolute atomic E-state index is 13.4. The van der Waals surface area contributed by atoms with Gasteiger partial charge in [0.2, 0.25) is 5.95 Å². The van der Waals surface area contributed by atoms with E-state index in [1.165, 1.54) is 61.9 Å². The van der Waals surface area contributed by atoms with Gasteiger partial charge in [-0.05, 0) is 135 Å². The van der Waals surface area contributed by atoms with E-state index < -0.39 is 294 Å². The fourth-order valence-corrected chi connectivity index (χ4v) is 20.3. The number of aliphatic hydroxyl groups excluding tert-OH is 5. The SMILES string of the molecule is CC1(C)OCC2OC(n3ccc(=O)[nH]c3=O)C(O)[C@H]3OC(C)(C)OC3[C@@H]2O1.CC1(C)OCC2OC(n3ccc(=O)[nH]c3=O)C(OC(=O)c3ccccc3)[C@H]3OC(C)(C)OC3[C@@H]2O1.CC1(C)OCC2OC(n3cnc4c(Cl)nc(N)nc43)C(OC(=O)c3ccccc3)[C@H]3OC(C)(C)OC3[C@@H]2O1.COC1C(n2ccc(=O)[nH]c2=O)OC2COC(C)(C)O[C@H]2C2OC(C)(C)O[C@H]12.CO[C@@H]1[C@H](O)[C@H](O)[C@H](O)[C@@H](CO)O[C@H]1n1ccc(=O)[nH]c1=O. The number of anilines is 1. The molecule has 0 aliphatic carbocycles. The summed E-state index contributed by atoms with van der Waals surface area (Å²) in [5.74, 6) is -8.53. The standard InChI is InChI=1S/C25H28ClN5O7.C24H28N2O9.C18H26N2O8.C17H24N2O8.C12H18N2O8/c1-24(2)33-10-13-15(36-24)16-17(38-25(3,4)37-16)18(35-22(32)12-8-6-5-7-9-12)21(34-13)31-11-28-14-19(26)29-23(27)30-20(14)31;1-23(2)30-12-14-16(33-23)17-18(35-24(3,4)34-17)19(32-21(28)13-8-6-5-7-9-13)20(31-14)26-11-10-15(27)25-22(26)29;1-17(2)24-8-9-11(26-17)12-13(28-18(3,4)27-12)14(23-5)15(25-9)20-7-6-10(21)19-16(20)22;1-16(2)23-7-8-11(25-16)13-12(26-17(3,4)27-13)10(21)14(24-8)19-6-5-9(20)18-15(19)22;1-21-10-9(19)8(18)7(17)5(4-15)22-11(10)14-3-2-6(16)13-12(14)20/h5-9,11,13,15-18,21H,10H2,1-4H3,(H2,27,29,30);5-11,14,16-20H,12H2,1-4H3,(H,25,27,29);6-7,9,11-15H,8H2,1-5H3,(H,19,21,22);5-6,8,10-14,21H,7H2,1-4H3,(H,18,20,22);2-3,5,7-11,15,17-19H,4H2,1H3,(H,13,16,20)/t13?,15-,16?,17+,18?,21?;14?,16-,17?,18+,19?,20?;9?,11-,12?,13+,14?,15?;8?,10?,11-,12-,13?,14?;5-,7-,8-,9-,10-,11-/m11111/s1. The highest BCUT2D eigenvalue weighted by molar-refractivity contribution is 6.33. The van der Waals surface area contributed by atoms with Crippen molar-refractivity contribution in [2.24, 2.45) is 0 Å². The Morgan fingerprint density at radius 1 is 0.367 bits per heavy atom. The molecule has 13 saturated heterocycles. The van der Waals surface area contributed by atoms with Crippen molar-refractivity contribution in [3.63, 3.8) is 0 Å². The van der Waals surface area contributed by atoms with Crippen LogP contribution in [-0.4, -0.2) is 341 Å². The molecule has 19 heterocycles. The van der Waals surface area contributed by atoms with E-state index in [-0.39, 0.29) is 37.5 Å². The number of nitrogen functional groups attached to an aromatic ring is 1. The molecule has 13 aliphatic heterocycles. The molecule has 820 valence electrons. The molecule has 13 fully saturated rings. The topological polar surface area (TPSA) is 655 Å². The fraction of sp³-hybridized carbons (Fsp3) is 0.635. The molecule has 30 atom stereocenters. The second-order valence-corrected chi connectivity index (χ2v) is 41.4. The number of aromatic nitrogens is 12. The Labute approximate surface area is 857 Å². The Balaban J connectivity index is 0.000000129. The third-order valence-electron chi connectivity index (χ3n) is 26.6. The average Bonchev–Trinajstić information content (AvgIpc) is 1.58. The van der Waals surface area contributed by atoms with Gasteiger partial charge < -0.3 is 150 Å². The monoisotopic (exact) mass is 2130 g/mol. The van der Waals surface area contributed by atoms with Gasteiger partial charge in [0.25, 0.3) is 22.2 Å². The summed E-state index contributed by atoms with van der Waals surface area (Å²) in [4.78, 5) is 143. The van der Waals surface area contributed by atoms with Crippen LogP contribution in [0.4, 0.5) is 5.95 Å². The van der Waals surface area contributed by atoms with E-state index in [4.69, 9.17) is 136 Å². The van der Waals surface area contributed by atoms with Crippen molar-refractivity contribution in [3.05, 3.63) is 216 Å². The number of nitrogens with two attached hydrogens (primary N) is 1. The van der Waals surface area contributed by atoms with Crippen LogP contribution in [0.25, 0.3) is 11.2 Å². The highest BCUT2D eigenvalue weighted by Gasteiger charge is 2.66. The van der Waals surface area contributed by atoms with Crippen molar-refractivity contribution < 1.29 is 154 Å². The summed E-state index contributed by atoms with van der Waals surface area (Å²) in [5, 5.41) is 50.2. The molecule has 0 spiro atoms. The Morgan fingerprint density at radius 3 is 1.01 bits per heavy atom. The Morgan fingerprint density at radius 2 is 0.667 bits per heavy atom. The summed E-state index contributed by atoms with van der Waals surface area (Å²) in [7, 11) is 2.74. The van der Waals surface area contributed by atoms with Crippen LogP contribution in [0.5, 0.6) is 0 Å². The van der Waals surface area contributed by atoms with E-state index in [2.05, 4.69) is 29.9 Å². The number of nitrogens with one attached hydrogen (secondary N) is 4. The maximum Gasteiger partial charge on any atom is 0.338 e. The second-order valence-electron chi connectivity index (χ2n) is 41.0. The lowest BCUT2D eigenvalue weighted by atomic mass is 9.99. The van der Waals surface area contributed by atoms with Gasteiger partial charge in [0, 0.05) is 63.3 Å². The number of imidazole rings is 1. The van der Waals surface area contributed by atoms with E-state index in [1.54, 1.807) is 128 Å². The molecule has 8 aromatic rings. The molecule has 54 heteroatoms. The Hall–Kier alpha value is -10.4. The number of aliphatic hydroxyl groups is 5. The lowest BCUT2D eigenvalue weighted by Gasteiger charge is -2.42. The van der Waals surface area contributed by atoms with Crippen LogP contribution in [0, 0.1) is 0 Å². The van der Waals surface area contributed by atoms with Gasteiger partial charge in [-0.2, -0.15) is 9.97 Å². The molecule has 6 aromatic heterocycles. The Bertz CT molecular complexity index is 6650. The predicted octanol–water partition coefficient (Wildman–Crippen LogP) is 0.299. The van der Waals surface area contributed by atoms with Gasteiger partial charge in [-0.3, -0.25) is 61.9 Å². The molecular formula is C96H124ClN13O40. The van der Waals surface area contributed by atoms with Gasteiger partial charge in [0.05, 0.1) is 50.5 Å². The lowest BCUT2D eigenvalue weighted by Crippen LogP contribution is -2.55. The number of esters is 2. The third-order valence-corrected chi connectivity index (χ3v) is 26.9. The molecule has 0 radical (unpaired) electrons. The number of hydrogen-bond donors (Lipinski definition) is 10. The van der Waals surface area contributed by atoms with Gasteiger partial charge in [-0.1, -0.05) is 48.0 Å². The zero-order valence-electron chi connectivity index (χ0n) is 84.9. The summed E-state index contributed by atoms with van der Waals surface area (Å²) >= 11 is 6.30. The molecule has 53 nitrogen and oxygen atoms in total. The van der Waals surface area contributed by atoms with Crippen molar-refractivity contribution in [2.45, 2.75) is 341 Å². The summed E-state index contributed by atoms with van der Waals surface area (Å²) < 4.78 is 157. The molecule has 13 aliphatic rings. The molecule has 21 rings (SSSR count). The van der Waals surface area contributed by atoms with Crippen LogP contribution in [0.1, 0.15) is 163 Å². The number of hydrogen-bond acceptors (Lipinski definition) is 44. The van der Waals surface area contributed by atoms with E-state index in [0.717, 1.165) is 26.0 Å². The molecule has 2 aromatic carbocycles. The molecular weight excluding hydrogens is 2010 g/mol. The lowest BCUT2D eigenvalue weighted by molar-refractivity contribution is -0.333. The van der Waals surface area contributed by atoms with Crippen molar-refractivity contribution in [2.75, 3.05) is 53.0 Å². The minimum Gasteiger partial charge on any atom is -0.451 e. The first-order valence-electron chi connectivity index (χ1n) is 48.4. The van der Waals surface area contributed by atoms with E-state index >= 15 is 0 Å². The predicted molar refractivity (Wildman–Crippen MR) is 509 cm³/mol. The largest absolute Gasteiger partial charge is 0.451 e. The van der Waals surface area contributed by atoms with E-state index in [1.807, 2.05) is 52.6 Å². The highest BCUT2D eigenvalue weighted by Crippen LogP contribution is 2.51. The molecule has 0 saturated carbocycles. The summed E-state index contributed by atoms with van der Waals surface area (Å²) in [6, 6.07) is 21.8. The number of ether oxygens (including phenoxy) is 25.